The first-order chi connectivity index (χ1) is 9.92. The molecule has 2 rings (SSSR count). The Morgan fingerprint density at radius 2 is 2.10 bits per heavy atom. The highest BCUT2D eigenvalue weighted by molar-refractivity contribution is 6.02. The van der Waals surface area contributed by atoms with Gasteiger partial charge in [0.05, 0.1) is 12.1 Å². The Balaban J connectivity index is 2.34. The number of rotatable bonds is 4. The number of hydrogen-bond donors (Lipinski definition) is 2. The Morgan fingerprint density at radius 1 is 1.38 bits per heavy atom. The SMILES string of the molecule is CNC(=O)c1cc(C(=O)NCC(F)F)cc2c1OC(C)C2. The molecular weight excluding hydrogens is 282 g/mol. The van der Waals surface area contributed by atoms with Gasteiger partial charge < -0.3 is 15.4 Å². The van der Waals surface area contributed by atoms with Crippen LogP contribution in [0.5, 0.6) is 5.75 Å². The van der Waals surface area contributed by atoms with Gasteiger partial charge in [-0.05, 0) is 24.6 Å². The maximum absolute atomic E-state index is 12.1. The zero-order valence-corrected chi connectivity index (χ0v) is 11.7. The molecule has 0 saturated heterocycles. The molecular formula is C14H16F2N2O3. The number of benzene rings is 1. The minimum atomic E-state index is -2.62. The highest BCUT2D eigenvalue weighted by Gasteiger charge is 2.27. The van der Waals surface area contributed by atoms with Crippen LogP contribution in [0.4, 0.5) is 8.78 Å². The molecule has 2 N–H and O–H groups in total. The lowest BCUT2D eigenvalue weighted by atomic mass is 10.0. The summed E-state index contributed by atoms with van der Waals surface area (Å²) >= 11 is 0. The molecule has 1 aromatic rings. The number of hydrogen-bond acceptors (Lipinski definition) is 3. The van der Waals surface area contributed by atoms with E-state index in [1.54, 1.807) is 6.07 Å². The van der Waals surface area contributed by atoms with Gasteiger partial charge in [-0.3, -0.25) is 9.59 Å². The van der Waals surface area contributed by atoms with E-state index in [0.717, 1.165) is 5.56 Å². The number of carbonyl (C=O) groups is 2. The topological polar surface area (TPSA) is 67.4 Å². The number of ether oxygens (including phenoxy) is 1. The molecule has 1 aliphatic rings. The Labute approximate surface area is 120 Å². The summed E-state index contributed by atoms with van der Waals surface area (Å²) in [6.07, 6.45) is -2.15. The van der Waals surface area contributed by atoms with E-state index in [1.807, 2.05) is 6.92 Å². The van der Waals surface area contributed by atoms with Crippen molar-refractivity contribution in [1.29, 1.82) is 0 Å². The highest BCUT2D eigenvalue weighted by Crippen LogP contribution is 2.33. The van der Waals surface area contributed by atoms with Gasteiger partial charge in [0, 0.05) is 19.0 Å². The smallest absolute Gasteiger partial charge is 0.255 e. The molecule has 0 spiro atoms. The molecule has 1 atom stereocenters. The number of nitrogens with one attached hydrogen (secondary N) is 2. The van der Waals surface area contributed by atoms with Crippen molar-refractivity contribution < 1.29 is 23.1 Å². The van der Waals surface area contributed by atoms with Gasteiger partial charge >= 0.3 is 0 Å². The third kappa shape index (κ3) is 3.29. The third-order valence-electron chi connectivity index (χ3n) is 3.14. The average molecular weight is 298 g/mol. The first-order valence-electron chi connectivity index (χ1n) is 6.54. The molecule has 0 aromatic heterocycles. The molecule has 0 radical (unpaired) electrons. The molecule has 0 aliphatic carbocycles. The van der Waals surface area contributed by atoms with Crippen LogP contribution in [0.1, 0.15) is 33.2 Å². The molecule has 114 valence electrons. The van der Waals surface area contributed by atoms with Gasteiger partial charge in [-0.1, -0.05) is 0 Å². The maximum atomic E-state index is 12.1. The van der Waals surface area contributed by atoms with E-state index in [0.29, 0.717) is 12.2 Å². The molecule has 1 unspecified atom stereocenters. The third-order valence-corrected chi connectivity index (χ3v) is 3.14. The van der Waals surface area contributed by atoms with Gasteiger partial charge in [-0.15, -0.1) is 0 Å². The molecule has 1 aromatic carbocycles. The molecule has 0 saturated carbocycles. The van der Waals surface area contributed by atoms with E-state index >= 15 is 0 Å². The van der Waals surface area contributed by atoms with Crippen molar-refractivity contribution >= 4 is 11.8 Å². The van der Waals surface area contributed by atoms with Gasteiger partial charge in [0.2, 0.25) is 0 Å². The van der Waals surface area contributed by atoms with Crippen LogP contribution in [0.15, 0.2) is 12.1 Å². The van der Waals surface area contributed by atoms with Crippen molar-refractivity contribution in [2.45, 2.75) is 25.9 Å². The summed E-state index contributed by atoms with van der Waals surface area (Å²) in [5.74, 6) is -0.570. The van der Waals surface area contributed by atoms with Gasteiger partial charge in [0.25, 0.3) is 18.2 Å². The van der Waals surface area contributed by atoms with Crippen LogP contribution in [0.2, 0.25) is 0 Å². The fourth-order valence-corrected chi connectivity index (χ4v) is 2.24. The van der Waals surface area contributed by atoms with E-state index in [1.165, 1.54) is 13.1 Å². The van der Waals surface area contributed by atoms with Crippen LogP contribution < -0.4 is 15.4 Å². The van der Waals surface area contributed by atoms with E-state index < -0.39 is 18.9 Å². The zero-order chi connectivity index (χ0) is 15.6. The van der Waals surface area contributed by atoms with Gasteiger partial charge in [-0.25, -0.2) is 8.78 Å². The van der Waals surface area contributed by atoms with Crippen LogP contribution in [0, 0.1) is 0 Å². The second-order valence-corrected chi connectivity index (χ2v) is 4.82. The minimum absolute atomic E-state index is 0.0946. The van der Waals surface area contributed by atoms with Crippen LogP contribution in [-0.4, -0.2) is 37.9 Å². The van der Waals surface area contributed by atoms with Crippen LogP contribution in [-0.2, 0) is 6.42 Å². The van der Waals surface area contributed by atoms with Crippen LogP contribution in [0.3, 0.4) is 0 Å². The van der Waals surface area contributed by atoms with E-state index in [-0.39, 0.29) is 23.1 Å². The molecule has 2 amide bonds. The van der Waals surface area contributed by atoms with E-state index in [2.05, 4.69) is 10.6 Å². The molecule has 1 heterocycles. The lowest BCUT2D eigenvalue weighted by Crippen LogP contribution is -2.29. The molecule has 21 heavy (non-hydrogen) atoms. The quantitative estimate of drug-likeness (QED) is 0.882. The molecule has 0 bridgehead atoms. The lowest BCUT2D eigenvalue weighted by molar-refractivity contribution is 0.0891. The zero-order valence-electron chi connectivity index (χ0n) is 11.7. The Kier molecular flexibility index (Phi) is 4.40. The normalized spacial score (nSPS) is 16.3. The average Bonchev–Trinajstić information content (AvgIpc) is 2.82. The summed E-state index contributed by atoms with van der Waals surface area (Å²) in [5, 5.41) is 4.60. The summed E-state index contributed by atoms with van der Waals surface area (Å²) in [5.41, 5.74) is 1.14. The monoisotopic (exact) mass is 298 g/mol. The standard InChI is InChI=1S/C14H16F2N2O3/c1-7-3-8-4-9(13(19)18-6-11(15)16)5-10(12(8)21-7)14(20)17-2/h4-5,7,11H,3,6H2,1-2H3,(H,17,20)(H,18,19). The fourth-order valence-electron chi connectivity index (χ4n) is 2.24. The Bertz CT molecular complexity index is 576. The summed E-state index contributed by atoms with van der Waals surface area (Å²) in [6, 6.07) is 2.93. The predicted octanol–water partition coefficient (Wildman–Crippen LogP) is 1.36. The Morgan fingerprint density at radius 3 is 2.71 bits per heavy atom. The predicted molar refractivity (Wildman–Crippen MR) is 72.0 cm³/mol. The summed E-state index contributed by atoms with van der Waals surface area (Å²) in [4.78, 5) is 23.8. The number of alkyl halides is 2. The van der Waals surface area contributed by atoms with E-state index in [4.69, 9.17) is 4.74 Å². The van der Waals surface area contributed by atoms with Crippen molar-refractivity contribution in [3.8, 4) is 5.75 Å². The number of carbonyl (C=O) groups excluding carboxylic acids is 2. The molecule has 5 nitrogen and oxygen atoms in total. The number of fused-ring (bicyclic) bond motifs is 1. The summed E-state index contributed by atoms with van der Waals surface area (Å²) in [7, 11) is 1.47. The Hall–Kier alpha value is -2.18. The maximum Gasteiger partial charge on any atom is 0.255 e. The van der Waals surface area contributed by atoms with Crippen molar-refractivity contribution in [1.82, 2.24) is 10.6 Å². The number of amides is 2. The first-order valence-corrected chi connectivity index (χ1v) is 6.54. The minimum Gasteiger partial charge on any atom is -0.489 e. The molecule has 7 heteroatoms. The second-order valence-electron chi connectivity index (χ2n) is 4.82. The second kappa shape index (κ2) is 6.07. The van der Waals surface area contributed by atoms with Gasteiger partial charge in [0.15, 0.2) is 0 Å². The lowest BCUT2D eigenvalue weighted by Gasteiger charge is -2.11. The first kappa shape index (κ1) is 15.2. The van der Waals surface area contributed by atoms with E-state index in [9.17, 15) is 18.4 Å². The van der Waals surface area contributed by atoms with Crippen molar-refractivity contribution in [3.05, 3.63) is 28.8 Å². The van der Waals surface area contributed by atoms with Gasteiger partial charge in [0.1, 0.15) is 11.9 Å². The van der Waals surface area contributed by atoms with Crippen molar-refractivity contribution in [2.75, 3.05) is 13.6 Å². The highest BCUT2D eigenvalue weighted by atomic mass is 19.3. The van der Waals surface area contributed by atoms with Gasteiger partial charge in [-0.2, -0.15) is 0 Å². The van der Waals surface area contributed by atoms with Crippen LogP contribution in [0.25, 0.3) is 0 Å². The summed E-state index contributed by atoms with van der Waals surface area (Å²) < 4.78 is 29.9. The van der Waals surface area contributed by atoms with Crippen molar-refractivity contribution in [3.63, 3.8) is 0 Å². The summed E-state index contributed by atoms with van der Waals surface area (Å²) in [6.45, 7) is 1.13. The van der Waals surface area contributed by atoms with Crippen molar-refractivity contribution in [2.24, 2.45) is 0 Å². The number of halogens is 2. The molecule has 0 fully saturated rings. The molecule has 1 aliphatic heterocycles. The largest absolute Gasteiger partial charge is 0.489 e. The van der Waals surface area contributed by atoms with Crippen LogP contribution >= 0.6 is 0 Å². The fraction of sp³-hybridized carbons (Fsp3) is 0.429.